The summed E-state index contributed by atoms with van der Waals surface area (Å²) >= 11 is 6.81. The molecule has 0 radical (unpaired) electrons. The molecule has 3 rings (SSSR count). The molecule has 0 saturated heterocycles. The third-order valence-electron chi connectivity index (χ3n) is 4.73. The first-order valence-electron chi connectivity index (χ1n) is 9.56. The molecule has 0 bridgehead atoms. The van der Waals surface area contributed by atoms with Gasteiger partial charge in [0.05, 0.1) is 20.2 Å². The van der Waals surface area contributed by atoms with Crippen LogP contribution in [0.5, 0.6) is 17.2 Å². The summed E-state index contributed by atoms with van der Waals surface area (Å²) in [4.78, 5) is 38.0. The Morgan fingerprint density at radius 2 is 1.81 bits per heavy atom. The number of nitrogens with zero attached hydrogens (tertiary/aromatic N) is 2. The monoisotopic (exact) mass is 566 g/mol. The van der Waals surface area contributed by atoms with Gasteiger partial charge in [-0.25, -0.2) is 4.79 Å². The molecule has 0 aliphatic heterocycles. The minimum Gasteiger partial charge on any atom is -0.507 e. The summed E-state index contributed by atoms with van der Waals surface area (Å²) in [5, 5.41) is 16.8. The molecule has 168 valence electrons. The average Bonchev–Trinajstić information content (AvgIpc) is 2.71. The van der Waals surface area contributed by atoms with Gasteiger partial charge >= 0.3 is 5.69 Å². The SMILES string of the molecule is CC(C)C(C)NC(=O)c1cc(Oc2c(Br)cc(-n3ncc(=O)[nH]c3=O)cc2Br)ccc1O. The lowest BCUT2D eigenvalue weighted by Gasteiger charge is -2.18. The summed E-state index contributed by atoms with van der Waals surface area (Å²) < 4.78 is 7.92. The van der Waals surface area contributed by atoms with Crippen LogP contribution in [-0.2, 0) is 0 Å². The van der Waals surface area contributed by atoms with Crippen molar-refractivity contribution in [2.24, 2.45) is 5.92 Å². The van der Waals surface area contributed by atoms with Crippen LogP contribution in [0.2, 0.25) is 0 Å². The van der Waals surface area contributed by atoms with E-state index in [1.165, 1.54) is 18.2 Å². The summed E-state index contributed by atoms with van der Waals surface area (Å²) in [5.74, 6) is 0.349. The number of phenolic OH excluding ortho intramolecular Hbond substituents is 1. The highest BCUT2D eigenvalue weighted by Crippen LogP contribution is 2.39. The van der Waals surface area contributed by atoms with Crippen LogP contribution >= 0.6 is 31.9 Å². The zero-order valence-corrected chi connectivity index (χ0v) is 20.5. The molecule has 0 aliphatic carbocycles. The van der Waals surface area contributed by atoms with Gasteiger partial charge in [-0.3, -0.25) is 14.6 Å². The molecule has 1 heterocycles. The minimum absolute atomic E-state index is 0.0766. The Bertz CT molecular complexity index is 1260. The predicted octanol–water partition coefficient (Wildman–Crippen LogP) is 3.72. The first-order valence-corrected chi connectivity index (χ1v) is 11.1. The van der Waals surface area contributed by atoms with E-state index in [-0.39, 0.29) is 23.3 Å². The maximum atomic E-state index is 12.6. The molecule has 1 amide bonds. The van der Waals surface area contributed by atoms with E-state index in [1.807, 2.05) is 20.8 Å². The van der Waals surface area contributed by atoms with Crippen LogP contribution in [0.15, 0.2) is 55.1 Å². The van der Waals surface area contributed by atoms with E-state index >= 15 is 0 Å². The molecule has 3 N–H and O–H groups in total. The first kappa shape index (κ1) is 23.7. The molecule has 0 saturated carbocycles. The fourth-order valence-corrected chi connectivity index (χ4v) is 3.96. The number of phenols is 1. The van der Waals surface area contributed by atoms with E-state index < -0.39 is 17.2 Å². The number of nitrogens with one attached hydrogen (secondary N) is 2. The number of benzene rings is 2. The molecule has 1 unspecified atom stereocenters. The van der Waals surface area contributed by atoms with Crippen molar-refractivity contribution >= 4 is 37.8 Å². The molecule has 9 nitrogen and oxygen atoms in total. The average molecular weight is 568 g/mol. The fraction of sp³-hybridized carbons (Fsp3) is 0.238. The van der Waals surface area contributed by atoms with Crippen molar-refractivity contribution in [1.29, 1.82) is 0 Å². The molecule has 0 aliphatic rings. The highest BCUT2D eigenvalue weighted by Gasteiger charge is 2.18. The summed E-state index contributed by atoms with van der Waals surface area (Å²) in [6.07, 6.45) is 0.997. The molecule has 11 heteroatoms. The van der Waals surface area contributed by atoms with Gasteiger partial charge < -0.3 is 15.2 Å². The Morgan fingerprint density at radius 3 is 2.41 bits per heavy atom. The van der Waals surface area contributed by atoms with Gasteiger partial charge in [0.25, 0.3) is 11.5 Å². The lowest BCUT2D eigenvalue weighted by molar-refractivity contribution is 0.0927. The first-order chi connectivity index (χ1) is 15.1. The summed E-state index contributed by atoms with van der Waals surface area (Å²) in [7, 11) is 0. The van der Waals surface area contributed by atoms with Crippen LogP contribution in [-0.4, -0.2) is 31.8 Å². The summed E-state index contributed by atoms with van der Waals surface area (Å²) in [6.45, 7) is 5.86. The number of aromatic hydroxyl groups is 1. The molecule has 1 aromatic heterocycles. The van der Waals surface area contributed by atoms with Crippen LogP contribution in [0.4, 0.5) is 0 Å². The largest absolute Gasteiger partial charge is 0.507 e. The van der Waals surface area contributed by atoms with Crippen molar-refractivity contribution in [2.75, 3.05) is 0 Å². The maximum absolute atomic E-state index is 12.6. The molecule has 0 spiro atoms. The topological polar surface area (TPSA) is 126 Å². The van der Waals surface area contributed by atoms with Gasteiger partial charge in [0.1, 0.15) is 17.7 Å². The van der Waals surface area contributed by atoms with Crippen LogP contribution in [0.3, 0.4) is 0 Å². The van der Waals surface area contributed by atoms with Crippen LogP contribution in [0.1, 0.15) is 31.1 Å². The summed E-state index contributed by atoms with van der Waals surface area (Å²) in [6, 6.07) is 7.45. The Morgan fingerprint density at radius 1 is 1.16 bits per heavy atom. The van der Waals surface area contributed by atoms with Gasteiger partial charge in [-0.15, -0.1) is 0 Å². The number of aromatic nitrogens is 3. The standard InChI is InChI=1S/C21H20Br2N4O5/c1-10(2)11(3)25-20(30)14-8-13(4-5-17(14)28)32-19-15(22)6-12(7-16(19)23)27-21(31)26-18(29)9-24-27/h4-11,28H,1-3H3,(H,25,30)(H,26,29,31). The number of hydrogen-bond acceptors (Lipinski definition) is 6. The van der Waals surface area contributed by atoms with Crippen molar-refractivity contribution in [3.8, 4) is 22.9 Å². The zero-order valence-electron chi connectivity index (χ0n) is 17.3. The van der Waals surface area contributed by atoms with E-state index in [4.69, 9.17) is 4.74 Å². The molecule has 32 heavy (non-hydrogen) atoms. The normalized spacial score (nSPS) is 11.9. The number of ether oxygens (including phenoxy) is 1. The minimum atomic E-state index is -0.685. The Labute approximate surface area is 199 Å². The predicted molar refractivity (Wildman–Crippen MR) is 126 cm³/mol. The van der Waals surface area contributed by atoms with Crippen molar-refractivity contribution in [2.45, 2.75) is 26.8 Å². The number of amides is 1. The van der Waals surface area contributed by atoms with Crippen LogP contribution in [0.25, 0.3) is 5.69 Å². The van der Waals surface area contributed by atoms with E-state index in [0.29, 0.717) is 26.1 Å². The zero-order chi connectivity index (χ0) is 23.6. The Balaban J connectivity index is 1.91. The number of hydrogen-bond donors (Lipinski definition) is 3. The molecular weight excluding hydrogens is 548 g/mol. The second-order valence-corrected chi connectivity index (χ2v) is 9.09. The van der Waals surface area contributed by atoms with Gasteiger partial charge in [0.15, 0.2) is 5.75 Å². The number of carbonyl (C=O) groups is 1. The highest BCUT2D eigenvalue weighted by molar-refractivity contribution is 9.11. The van der Waals surface area contributed by atoms with Crippen molar-refractivity contribution in [3.63, 3.8) is 0 Å². The van der Waals surface area contributed by atoms with Gasteiger partial charge in [-0.05, 0) is 75.0 Å². The van der Waals surface area contributed by atoms with Crippen molar-refractivity contribution in [1.82, 2.24) is 20.1 Å². The lowest BCUT2D eigenvalue weighted by Crippen LogP contribution is -2.36. The van der Waals surface area contributed by atoms with Gasteiger partial charge in [-0.2, -0.15) is 9.78 Å². The van der Waals surface area contributed by atoms with Crippen molar-refractivity contribution in [3.05, 3.63) is 71.9 Å². The second-order valence-electron chi connectivity index (χ2n) is 7.38. The Hall–Kier alpha value is -2.92. The third-order valence-corrected chi connectivity index (χ3v) is 5.91. The number of aromatic amines is 1. The fourth-order valence-electron chi connectivity index (χ4n) is 2.63. The van der Waals surface area contributed by atoms with Crippen LogP contribution in [0, 0.1) is 5.92 Å². The van der Waals surface area contributed by atoms with Gasteiger partial charge in [0, 0.05) is 6.04 Å². The number of H-pyrrole nitrogens is 1. The molecule has 2 aromatic carbocycles. The second kappa shape index (κ2) is 9.70. The van der Waals surface area contributed by atoms with E-state index in [9.17, 15) is 19.5 Å². The number of rotatable bonds is 6. The smallest absolute Gasteiger partial charge is 0.349 e. The quantitative estimate of drug-likeness (QED) is 0.417. The molecule has 3 aromatic rings. The van der Waals surface area contributed by atoms with Crippen molar-refractivity contribution < 1.29 is 14.6 Å². The highest BCUT2D eigenvalue weighted by atomic mass is 79.9. The summed E-state index contributed by atoms with van der Waals surface area (Å²) in [5.41, 5.74) is -0.817. The number of carbonyl (C=O) groups excluding carboxylic acids is 1. The lowest BCUT2D eigenvalue weighted by atomic mass is 10.1. The number of halogens is 2. The van der Waals surface area contributed by atoms with E-state index in [0.717, 1.165) is 10.9 Å². The van der Waals surface area contributed by atoms with Crippen LogP contribution < -0.4 is 21.3 Å². The van der Waals surface area contributed by atoms with E-state index in [1.54, 1.807) is 12.1 Å². The maximum Gasteiger partial charge on any atom is 0.349 e. The Kier molecular flexibility index (Phi) is 7.19. The third kappa shape index (κ3) is 5.28. The van der Waals surface area contributed by atoms with Gasteiger partial charge in [0.2, 0.25) is 0 Å². The van der Waals surface area contributed by atoms with Gasteiger partial charge in [-0.1, -0.05) is 13.8 Å². The molecule has 1 atom stereocenters. The van der Waals surface area contributed by atoms with E-state index in [2.05, 4.69) is 47.3 Å². The molecular formula is C21H20Br2N4O5. The molecule has 0 fully saturated rings.